The molecule has 1 fully saturated rings. The number of carbonyl (C=O) groups is 1. The van der Waals surface area contributed by atoms with E-state index in [0.29, 0.717) is 36.3 Å². The molecular formula is C28H31Cl3N2O2. The van der Waals surface area contributed by atoms with Gasteiger partial charge in [0.25, 0.3) is 0 Å². The summed E-state index contributed by atoms with van der Waals surface area (Å²) in [7, 11) is 0. The maximum atomic E-state index is 13.3. The molecular weight excluding hydrogens is 503 g/mol. The van der Waals surface area contributed by atoms with Crippen LogP contribution in [0.4, 0.5) is 0 Å². The predicted molar refractivity (Wildman–Crippen MR) is 145 cm³/mol. The van der Waals surface area contributed by atoms with Crippen molar-refractivity contribution in [1.82, 2.24) is 10.2 Å². The second-order valence-corrected chi connectivity index (χ2v) is 9.59. The standard InChI is InChI=1S/C28H30Cl2N2O2.ClH/c1-20(31-17-22-12-13-25(29)26(30)16-22)28(33)32-15-14-24(23-10-6-3-7-11-23)27(18-32)34-19-21-8-4-2-5-9-21;/h2-13,16,20,24,27,31H,14-15,17-19H2,1H3;1H. The number of ether oxygens (including phenoxy) is 1. The third-order valence-electron chi connectivity index (χ3n) is 6.37. The molecule has 1 aliphatic rings. The molecule has 3 unspecified atom stereocenters. The van der Waals surface area contributed by atoms with Crippen LogP contribution in [0.25, 0.3) is 0 Å². The highest BCUT2D eigenvalue weighted by Gasteiger charge is 2.34. The van der Waals surface area contributed by atoms with E-state index in [0.717, 1.165) is 17.5 Å². The second kappa shape index (κ2) is 13.3. The van der Waals surface area contributed by atoms with Crippen LogP contribution in [-0.4, -0.2) is 36.0 Å². The molecule has 1 amide bonds. The highest BCUT2D eigenvalue weighted by molar-refractivity contribution is 6.42. The van der Waals surface area contributed by atoms with Crippen molar-refractivity contribution in [3.8, 4) is 0 Å². The van der Waals surface area contributed by atoms with Crippen molar-refractivity contribution in [1.29, 1.82) is 0 Å². The molecule has 4 rings (SSSR count). The molecule has 3 aromatic carbocycles. The number of hydrogen-bond acceptors (Lipinski definition) is 3. The van der Waals surface area contributed by atoms with Gasteiger partial charge in [0.05, 0.1) is 28.8 Å². The van der Waals surface area contributed by atoms with E-state index < -0.39 is 0 Å². The quantitative estimate of drug-likeness (QED) is 0.360. The number of hydrogen-bond donors (Lipinski definition) is 1. The summed E-state index contributed by atoms with van der Waals surface area (Å²) in [5.41, 5.74) is 3.38. The Balaban J connectivity index is 0.00000342. The summed E-state index contributed by atoms with van der Waals surface area (Å²) in [6, 6.07) is 25.8. The third-order valence-corrected chi connectivity index (χ3v) is 7.11. The number of rotatable bonds is 8. The van der Waals surface area contributed by atoms with Crippen molar-refractivity contribution in [3.05, 3.63) is 106 Å². The van der Waals surface area contributed by atoms with E-state index in [9.17, 15) is 4.79 Å². The molecule has 3 aromatic rings. The summed E-state index contributed by atoms with van der Waals surface area (Å²) in [6.07, 6.45) is 0.803. The molecule has 35 heavy (non-hydrogen) atoms. The first-order valence-corrected chi connectivity index (χ1v) is 12.4. The second-order valence-electron chi connectivity index (χ2n) is 8.78. The maximum absolute atomic E-state index is 13.3. The zero-order valence-corrected chi connectivity index (χ0v) is 22.0. The van der Waals surface area contributed by atoms with Gasteiger partial charge in [-0.3, -0.25) is 4.79 Å². The van der Waals surface area contributed by atoms with Gasteiger partial charge in [-0.15, -0.1) is 12.4 Å². The molecule has 0 saturated carbocycles. The molecule has 7 heteroatoms. The topological polar surface area (TPSA) is 41.6 Å². The van der Waals surface area contributed by atoms with Crippen molar-refractivity contribution < 1.29 is 9.53 Å². The lowest BCUT2D eigenvalue weighted by molar-refractivity contribution is -0.138. The van der Waals surface area contributed by atoms with E-state index >= 15 is 0 Å². The van der Waals surface area contributed by atoms with Crippen LogP contribution in [-0.2, 0) is 22.7 Å². The summed E-state index contributed by atoms with van der Waals surface area (Å²) in [5.74, 6) is 0.341. The predicted octanol–water partition coefficient (Wildman–Crippen LogP) is 6.49. The van der Waals surface area contributed by atoms with Crippen LogP contribution in [0.2, 0.25) is 10.0 Å². The summed E-state index contributed by atoms with van der Waals surface area (Å²) in [5, 5.41) is 4.36. The van der Waals surface area contributed by atoms with E-state index in [2.05, 4.69) is 41.7 Å². The number of halogens is 3. The minimum Gasteiger partial charge on any atom is -0.371 e. The van der Waals surface area contributed by atoms with Crippen LogP contribution in [0, 0.1) is 0 Å². The van der Waals surface area contributed by atoms with Crippen LogP contribution < -0.4 is 5.32 Å². The van der Waals surface area contributed by atoms with Gasteiger partial charge in [-0.2, -0.15) is 0 Å². The van der Waals surface area contributed by atoms with Crippen LogP contribution in [0.5, 0.6) is 0 Å². The monoisotopic (exact) mass is 532 g/mol. The smallest absolute Gasteiger partial charge is 0.239 e. The minimum atomic E-state index is -0.322. The van der Waals surface area contributed by atoms with Gasteiger partial charge in [0, 0.05) is 25.6 Å². The van der Waals surface area contributed by atoms with Gasteiger partial charge in [0.1, 0.15) is 0 Å². The first kappa shape index (κ1) is 27.5. The van der Waals surface area contributed by atoms with Crippen molar-refractivity contribution >= 4 is 41.5 Å². The lowest BCUT2D eigenvalue weighted by atomic mass is 9.86. The van der Waals surface area contributed by atoms with Crippen LogP contribution >= 0.6 is 35.6 Å². The van der Waals surface area contributed by atoms with Gasteiger partial charge in [-0.05, 0) is 42.2 Å². The van der Waals surface area contributed by atoms with E-state index in [-0.39, 0.29) is 36.4 Å². The Morgan fingerprint density at radius 3 is 2.37 bits per heavy atom. The van der Waals surface area contributed by atoms with Gasteiger partial charge >= 0.3 is 0 Å². The highest BCUT2D eigenvalue weighted by atomic mass is 35.5. The number of nitrogens with zero attached hydrogens (tertiary/aromatic N) is 1. The van der Waals surface area contributed by atoms with Gasteiger partial charge in [-0.25, -0.2) is 0 Å². The molecule has 1 saturated heterocycles. The fourth-order valence-corrected chi connectivity index (χ4v) is 4.75. The third kappa shape index (κ3) is 7.45. The number of likely N-dealkylation sites (tertiary alicyclic amines) is 1. The van der Waals surface area contributed by atoms with E-state index in [1.165, 1.54) is 5.56 Å². The Morgan fingerprint density at radius 2 is 1.69 bits per heavy atom. The van der Waals surface area contributed by atoms with Gasteiger partial charge < -0.3 is 15.0 Å². The summed E-state index contributed by atoms with van der Waals surface area (Å²) >= 11 is 12.1. The molecule has 1 heterocycles. The van der Waals surface area contributed by atoms with Crippen molar-refractivity contribution in [2.24, 2.45) is 0 Å². The van der Waals surface area contributed by atoms with Crippen molar-refractivity contribution in [3.63, 3.8) is 0 Å². The van der Waals surface area contributed by atoms with Crippen LogP contribution in [0.3, 0.4) is 0 Å². The van der Waals surface area contributed by atoms with Crippen LogP contribution in [0.15, 0.2) is 78.9 Å². The fraction of sp³-hybridized carbons (Fsp3) is 0.321. The van der Waals surface area contributed by atoms with Crippen molar-refractivity contribution in [2.45, 2.75) is 44.6 Å². The number of benzene rings is 3. The Labute approximate surface area is 224 Å². The van der Waals surface area contributed by atoms with E-state index in [1.54, 1.807) is 6.07 Å². The first-order valence-electron chi connectivity index (χ1n) is 11.7. The van der Waals surface area contributed by atoms with Gasteiger partial charge in [-0.1, -0.05) is 89.9 Å². The first-order chi connectivity index (χ1) is 16.5. The van der Waals surface area contributed by atoms with E-state index in [1.807, 2.05) is 48.2 Å². The summed E-state index contributed by atoms with van der Waals surface area (Å²) in [4.78, 5) is 15.2. The van der Waals surface area contributed by atoms with Gasteiger partial charge in [0.15, 0.2) is 0 Å². The van der Waals surface area contributed by atoms with E-state index in [4.69, 9.17) is 27.9 Å². The molecule has 0 aromatic heterocycles. The maximum Gasteiger partial charge on any atom is 0.239 e. The normalized spacial score (nSPS) is 18.5. The average Bonchev–Trinajstić information content (AvgIpc) is 2.88. The Kier molecular flexibility index (Phi) is 10.4. The molecule has 186 valence electrons. The summed E-state index contributed by atoms with van der Waals surface area (Å²) < 4.78 is 6.41. The molecule has 0 bridgehead atoms. The Morgan fingerprint density at radius 1 is 1.00 bits per heavy atom. The lowest BCUT2D eigenvalue weighted by Crippen LogP contribution is -2.52. The zero-order chi connectivity index (χ0) is 23.9. The summed E-state index contributed by atoms with van der Waals surface area (Å²) in [6.45, 7) is 4.26. The molecule has 4 nitrogen and oxygen atoms in total. The molecule has 1 N–H and O–H groups in total. The fourth-order valence-electron chi connectivity index (χ4n) is 4.43. The highest BCUT2D eigenvalue weighted by Crippen LogP contribution is 2.31. The Hall–Kier alpha value is -2.08. The lowest BCUT2D eigenvalue weighted by Gasteiger charge is -2.39. The molecule has 0 aliphatic carbocycles. The number of amides is 1. The molecule has 3 atom stereocenters. The van der Waals surface area contributed by atoms with Gasteiger partial charge in [0.2, 0.25) is 5.91 Å². The van der Waals surface area contributed by atoms with Crippen molar-refractivity contribution in [2.75, 3.05) is 13.1 Å². The SMILES string of the molecule is CC(NCc1ccc(Cl)c(Cl)c1)C(=O)N1CCC(c2ccccc2)C(OCc2ccccc2)C1.Cl. The molecule has 1 aliphatic heterocycles. The zero-order valence-electron chi connectivity index (χ0n) is 19.7. The molecule has 0 radical (unpaired) electrons. The minimum absolute atomic E-state index is 0. The number of nitrogens with one attached hydrogen (secondary N) is 1. The number of piperidine rings is 1. The number of carbonyl (C=O) groups excluding carboxylic acids is 1. The Bertz CT molecular complexity index is 1080. The molecule has 0 spiro atoms. The largest absolute Gasteiger partial charge is 0.371 e. The van der Waals surface area contributed by atoms with Crippen LogP contribution in [0.1, 0.15) is 36.0 Å². The average molecular weight is 534 g/mol.